The Hall–Kier alpha value is -1.11. The van der Waals surface area contributed by atoms with Gasteiger partial charge in [-0.3, -0.25) is 4.84 Å². The Balaban J connectivity index is 0.00000196. The Labute approximate surface area is 97.2 Å². The molecule has 0 saturated carbocycles. The number of aromatic hydroxyl groups is 1. The maximum atomic E-state index is 10.5. The summed E-state index contributed by atoms with van der Waals surface area (Å²) in [6.07, 6.45) is -0.883. The fourth-order valence-electron chi connectivity index (χ4n) is 1.04. The van der Waals surface area contributed by atoms with Crippen LogP contribution in [0.2, 0.25) is 0 Å². The fourth-order valence-corrected chi connectivity index (χ4v) is 1.04. The van der Waals surface area contributed by atoms with Gasteiger partial charge in [-0.1, -0.05) is 12.1 Å². The molecule has 0 fully saturated rings. The monoisotopic (exact) mass is 277 g/mol. The number of aliphatic carboxylic acids is 1. The van der Waals surface area contributed by atoms with Crippen molar-refractivity contribution >= 4 is 23.0 Å². The molecule has 0 aromatic heterocycles. The standard InChI is InChI=1S/C9H11NO4.BrH/c10-14-8(9(12)13)5-6-1-3-7(11)4-2-6;/h1-4,8,11H,5,10H2,(H,12,13);1H/t8-;/m0./s1. The van der Waals surface area contributed by atoms with E-state index in [4.69, 9.17) is 16.1 Å². The van der Waals surface area contributed by atoms with Gasteiger partial charge in [-0.15, -0.1) is 17.0 Å². The van der Waals surface area contributed by atoms with E-state index in [0.717, 1.165) is 5.56 Å². The zero-order valence-electron chi connectivity index (χ0n) is 7.79. The lowest BCUT2D eigenvalue weighted by Crippen LogP contribution is -2.29. The molecule has 0 amide bonds. The van der Waals surface area contributed by atoms with Gasteiger partial charge in [0, 0.05) is 6.42 Å². The van der Waals surface area contributed by atoms with Gasteiger partial charge in [0.1, 0.15) is 5.75 Å². The highest BCUT2D eigenvalue weighted by Gasteiger charge is 2.17. The summed E-state index contributed by atoms with van der Waals surface area (Å²) >= 11 is 0. The van der Waals surface area contributed by atoms with Gasteiger partial charge in [0.2, 0.25) is 0 Å². The molecular weight excluding hydrogens is 266 g/mol. The summed E-state index contributed by atoms with van der Waals surface area (Å²) in [5.41, 5.74) is 0.737. The number of hydrogen-bond acceptors (Lipinski definition) is 4. The Morgan fingerprint density at radius 1 is 1.40 bits per heavy atom. The lowest BCUT2D eigenvalue weighted by atomic mass is 10.1. The van der Waals surface area contributed by atoms with Crippen LogP contribution in [0.3, 0.4) is 0 Å². The van der Waals surface area contributed by atoms with Crippen molar-refractivity contribution in [3.8, 4) is 5.75 Å². The number of nitrogens with two attached hydrogens (primary N) is 1. The number of rotatable bonds is 4. The van der Waals surface area contributed by atoms with E-state index in [1.54, 1.807) is 12.1 Å². The minimum atomic E-state index is -1.11. The second kappa shape index (κ2) is 6.39. The third-order valence-corrected chi connectivity index (χ3v) is 1.80. The van der Waals surface area contributed by atoms with Gasteiger partial charge in [-0.2, -0.15) is 0 Å². The Bertz CT molecular complexity index is 314. The van der Waals surface area contributed by atoms with E-state index in [1.807, 2.05) is 0 Å². The van der Waals surface area contributed by atoms with E-state index in [1.165, 1.54) is 12.1 Å². The first-order valence-corrected chi connectivity index (χ1v) is 3.99. The molecule has 84 valence electrons. The van der Waals surface area contributed by atoms with E-state index < -0.39 is 12.1 Å². The van der Waals surface area contributed by atoms with Crippen molar-refractivity contribution < 1.29 is 19.8 Å². The van der Waals surface area contributed by atoms with Crippen LogP contribution in [0.25, 0.3) is 0 Å². The molecule has 1 rings (SSSR count). The second-order valence-corrected chi connectivity index (χ2v) is 2.83. The van der Waals surface area contributed by atoms with Gasteiger partial charge in [0.25, 0.3) is 0 Å². The van der Waals surface area contributed by atoms with Crippen LogP contribution in [0.1, 0.15) is 5.56 Å². The Morgan fingerprint density at radius 2 is 1.93 bits per heavy atom. The molecule has 0 bridgehead atoms. The van der Waals surface area contributed by atoms with Crippen LogP contribution in [0.15, 0.2) is 24.3 Å². The molecule has 1 aromatic carbocycles. The molecule has 0 aliphatic carbocycles. The van der Waals surface area contributed by atoms with E-state index in [0.29, 0.717) is 0 Å². The highest BCUT2D eigenvalue weighted by molar-refractivity contribution is 8.93. The minimum Gasteiger partial charge on any atom is -0.508 e. The van der Waals surface area contributed by atoms with Crippen molar-refractivity contribution in [2.24, 2.45) is 5.90 Å². The number of carbonyl (C=O) groups is 1. The average Bonchev–Trinajstić information content (AvgIpc) is 2.16. The summed E-state index contributed by atoms with van der Waals surface area (Å²) in [6, 6.07) is 6.18. The predicted molar refractivity (Wildman–Crippen MR) is 58.8 cm³/mol. The van der Waals surface area contributed by atoms with Crippen LogP contribution in [-0.4, -0.2) is 22.3 Å². The molecule has 0 aliphatic rings. The molecule has 0 heterocycles. The first kappa shape index (κ1) is 13.9. The lowest BCUT2D eigenvalue weighted by Gasteiger charge is -2.08. The summed E-state index contributed by atoms with van der Waals surface area (Å²) in [7, 11) is 0. The number of halogens is 1. The highest BCUT2D eigenvalue weighted by atomic mass is 79.9. The van der Waals surface area contributed by atoms with Gasteiger partial charge in [-0.05, 0) is 17.7 Å². The molecule has 5 nitrogen and oxygen atoms in total. The number of hydrogen-bond donors (Lipinski definition) is 3. The first-order valence-electron chi connectivity index (χ1n) is 3.99. The average molecular weight is 278 g/mol. The van der Waals surface area contributed by atoms with Crippen LogP contribution >= 0.6 is 17.0 Å². The predicted octanol–water partition coefficient (Wildman–Crippen LogP) is 0.856. The van der Waals surface area contributed by atoms with E-state index in [-0.39, 0.29) is 29.2 Å². The topological polar surface area (TPSA) is 92.8 Å². The zero-order valence-corrected chi connectivity index (χ0v) is 9.50. The smallest absolute Gasteiger partial charge is 0.335 e. The molecule has 1 atom stereocenters. The molecule has 15 heavy (non-hydrogen) atoms. The lowest BCUT2D eigenvalue weighted by molar-refractivity contribution is -0.150. The number of carboxylic acid groups (broad SMARTS) is 1. The Kier molecular flexibility index (Phi) is 5.92. The van der Waals surface area contributed by atoms with E-state index in [9.17, 15) is 4.79 Å². The van der Waals surface area contributed by atoms with Gasteiger partial charge in [0.15, 0.2) is 6.10 Å². The van der Waals surface area contributed by atoms with Crippen LogP contribution in [0.5, 0.6) is 5.75 Å². The summed E-state index contributed by atoms with van der Waals surface area (Å²) in [4.78, 5) is 14.8. The molecule has 0 radical (unpaired) electrons. The van der Waals surface area contributed by atoms with Crippen molar-refractivity contribution in [2.75, 3.05) is 0 Å². The number of phenolic OH excluding ortho intramolecular Hbond substituents is 1. The molecular formula is C9H12BrNO4. The van der Waals surface area contributed by atoms with Crippen molar-refractivity contribution in [1.82, 2.24) is 0 Å². The van der Waals surface area contributed by atoms with Crippen LogP contribution in [-0.2, 0) is 16.1 Å². The van der Waals surface area contributed by atoms with Gasteiger partial charge in [-0.25, -0.2) is 10.7 Å². The van der Waals surface area contributed by atoms with Crippen molar-refractivity contribution in [1.29, 1.82) is 0 Å². The summed E-state index contributed by atoms with van der Waals surface area (Å²) < 4.78 is 0. The van der Waals surface area contributed by atoms with Crippen LogP contribution in [0.4, 0.5) is 0 Å². The highest BCUT2D eigenvalue weighted by Crippen LogP contribution is 2.11. The van der Waals surface area contributed by atoms with Gasteiger partial charge >= 0.3 is 5.97 Å². The largest absolute Gasteiger partial charge is 0.508 e. The van der Waals surface area contributed by atoms with Crippen molar-refractivity contribution in [2.45, 2.75) is 12.5 Å². The van der Waals surface area contributed by atoms with Crippen LogP contribution < -0.4 is 5.90 Å². The SMILES string of the molecule is Br.NO[C@@H](Cc1ccc(O)cc1)C(=O)O. The van der Waals surface area contributed by atoms with Gasteiger partial charge < -0.3 is 10.2 Å². The van der Waals surface area contributed by atoms with Gasteiger partial charge in [0.05, 0.1) is 0 Å². The third-order valence-electron chi connectivity index (χ3n) is 1.80. The molecule has 0 spiro atoms. The molecule has 0 aliphatic heterocycles. The van der Waals surface area contributed by atoms with Crippen molar-refractivity contribution in [3.05, 3.63) is 29.8 Å². The Morgan fingerprint density at radius 3 is 2.33 bits per heavy atom. The molecule has 4 N–H and O–H groups in total. The second-order valence-electron chi connectivity index (χ2n) is 2.83. The molecule has 0 unspecified atom stereocenters. The molecule has 6 heteroatoms. The number of carboxylic acids is 1. The van der Waals surface area contributed by atoms with E-state index >= 15 is 0 Å². The third kappa shape index (κ3) is 4.28. The number of phenols is 1. The summed E-state index contributed by atoms with van der Waals surface area (Å²) in [6.45, 7) is 0. The fraction of sp³-hybridized carbons (Fsp3) is 0.222. The maximum absolute atomic E-state index is 10.5. The molecule has 1 aromatic rings. The van der Waals surface area contributed by atoms with Crippen molar-refractivity contribution in [3.63, 3.8) is 0 Å². The zero-order chi connectivity index (χ0) is 10.6. The van der Waals surface area contributed by atoms with E-state index in [2.05, 4.69) is 4.84 Å². The van der Waals surface area contributed by atoms with Crippen LogP contribution in [0, 0.1) is 0 Å². The minimum absolute atomic E-state index is 0. The maximum Gasteiger partial charge on any atom is 0.335 e. The summed E-state index contributed by atoms with van der Waals surface area (Å²) in [5.74, 6) is 3.84. The quantitative estimate of drug-likeness (QED) is 0.710. The number of benzene rings is 1. The summed E-state index contributed by atoms with van der Waals surface area (Å²) in [5, 5.41) is 17.6. The molecule has 0 saturated heterocycles. The first-order chi connectivity index (χ1) is 6.63. The normalized spacial score (nSPS) is 11.5.